The molecule has 1 aliphatic heterocycles. The number of fused-ring (bicyclic) bond motifs is 1. The van der Waals surface area contributed by atoms with Crippen LogP contribution in [0.4, 0.5) is 11.8 Å². The van der Waals surface area contributed by atoms with Crippen LogP contribution in [0.15, 0.2) is 12.3 Å². The number of methoxy groups -OCH3 is 1. The van der Waals surface area contributed by atoms with Crippen molar-refractivity contribution >= 4 is 22.8 Å². The Balaban J connectivity index is 1.83. The van der Waals surface area contributed by atoms with E-state index in [1.807, 2.05) is 13.0 Å². The van der Waals surface area contributed by atoms with Crippen LogP contribution >= 0.6 is 0 Å². The molecule has 3 N–H and O–H groups in total. The van der Waals surface area contributed by atoms with E-state index in [1.54, 1.807) is 13.3 Å². The summed E-state index contributed by atoms with van der Waals surface area (Å²) in [5, 5.41) is 4.15. The summed E-state index contributed by atoms with van der Waals surface area (Å²) in [5.74, 6) is 1.01. The normalized spacial score (nSPS) is 18.2. The number of likely N-dealkylation sites (tertiary alicyclic amines) is 1. The maximum atomic E-state index is 6.11. The van der Waals surface area contributed by atoms with Gasteiger partial charge in [-0.3, -0.25) is 0 Å². The Morgan fingerprint density at radius 1 is 1.35 bits per heavy atom. The molecule has 1 aliphatic rings. The highest BCUT2D eigenvalue weighted by molar-refractivity contribution is 5.86. The molecule has 0 spiro atoms. The monoisotopic (exact) mass is 316 g/mol. The van der Waals surface area contributed by atoms with Crippen molar-refractivity contribution in [3.05, 3.63) is 17.8 Å². The van der Waals surface area contributed by atoms with Gasteiger partial charge in [0.25, 0.3) is 0 Å². The number of hydrogen-bond acceptors (Lipinski definition) is 7. The van der Waals surface area contributed by atoms with Crippen LogP contribution in [-0.2, 0) is 4.74 Å². The second-order valence-corrected chi connectivity index (χ2v) is 6.17. The van der Waals surface area contributed by atoms with Gasteiger partial charge in [-0.2, -0.15) is 9.97 Å². The Bertz CT molecular complexity index is 684. The summed E-state index contributed by atoms with van der Waals surface area (Å²) in [5.41, 5.74) is 7.69. The lowest BCUT2D eigenvalue weighted by Crippen LogP contribution is -2.37. The van der Waals surface area contributed by atoms with Crippen LogP contribution in [0.25, 0.3) is 11.0 Å². The van der Waals surface area contributed by atoms with Gasteiger partial charge in [0, 0.05) is 19.3 Å². The van der Waals surface area contributed by atoms with Gasteiger partial charge in [-0.1, -0.05) is 0 Å². The standard InChI is InChI=1S/C16H24N6O/c1-10(23-3)11-8-13-14(17)20-16(21-15(13)18-9-11)19-12-4-6-22(2)7-5-12/h8-10,12H,4-7H2,1-3H3,(H3,17,18,19,20,21). The lowest BCUT2D eigenvalue weighted by molar-refractivity contribution is 0.119. The zero-order valence-corrected chi connectivity index (χ0v) is 13.9. The first-order chi connectivity index (χ1) is 11.1. The van der Waals surface area contributed by atoms with E-state index >= 15 is 0 Å². The number of rotatable bonds is 4. The molecule has 7 nitrogen and oxygen atoms in total. The number of hydrogen-bond donors (Lipinski definition) is 2. The molecule has 0 bridgehead atoms. The fraction of sp³-hybridized carbons (Fsp3) is 0.562. The molecule has 23 heavy (non-hydrogen) atoms. The first kappa shape index (κ1) is 15.9. The number of nitrogens with zero attached hydrogens (tertiary/aromatic N) is 4. The highest BCUT2D eigenvalue weighted by Gasteiger charge is 2.18. The SMILES string of the molecule is COC(C)c1cnc2nc(NC3CCN(C)CC3)nc(N)c2c1. The molecule has 0 radical (unpaired) electrons. The Morgan fingerprint density at radius 2 is 2.09 bits per heavy atom. The number of pyridine rings is 1. The maximum Gasteiger partial charge on any atom is 0.226 e. The molecule has 1 saturated heterocycles. The lowest BCUT2D eigenvalue weighted by atomic mass is 10.1. The predicted octanol–water partition coefficient (Wildman–Crippen LogP) is 1.82. The van der Waals surface area contributed by atoms with Crippen molar-refractivity contribution in [1.29, 1.82) is 0 Å². The van der Waals surface area contributed by atoms with Gasteiger partial charge in [0.2, 0.25) is 5.95 Å². The van der Waals surface area contributed by atoms with Crippen LogP contribution in [0, 0.1) is 0 Å². The van der Waals surface area contributed by atoms with Gasteiger partial charge in [-0.05, 0) is 51.5 Å². The van der Waals surface area contributed by atoms with Crippen LogP contribution in [0.3, 0.4) is 0 Å². The first-order valence-corrected chi connectivity index (χ1v) is 7.98. The van der Waals surface area contributed by atoms with Crippen molar-refractivity contribution < 1.29 is 4.74 Å². The van der Waals surface area contributed by atoms with Crippen LogP contribution in [0.5, 0.6) is 0 Å². The third-order valence-electron chi connectivity index (χ3n) is 4.48. The minimum atomic E-state index is -0.0386. The molecule has 124 valence electrons. The van der Waals surface area contributed by atoms with Crippen molar-refractivity contribution in [2.45, 2.75) is 31.9 Å². The van der Waals surface area contributed by atoms with Gasteiger partial charge in [-0.25, -0.2) is 4.98 Å². The average Bonchev–Trinajstić information content (AvgIpc) is 2.56. The van der Waals surface area contributed by atoms with Gasteiger partial charge in [0.05, 0.1) is 11.5 Å². The smallest absolute Gasteiger partial charge is 0.226 e. The van der Waals surface area contributed by atoms with Gasteiger partial charge in [-0.15, -0.1) is 0 Å². The van der Waals surface area contributed by atoms with Crippen LogP contribution < -0.4 is 11.1 Å². The summed E-state index contributed by atoms with van der Waals surface area (Å²) in [6, 6.07) is 2.33. The van der Waals surface area contributed by atoms with Crippen molar-refractivity contribution in [3.8, 4) is 0 Å². The van der Waals surface area contributed by atoms with E-state index < -0.39 is 0 Å². The summed E-state index contributed by atoms with van der Waals surface area (Å²) in [6.07, 6.45) is 3.90. The third-order valence-corrected chi connectivity index (χ3v) is 4.48. The topological polar surface area (TPSA) is 89.2 Å². The summed E-state index contributed by atoms with van der Waals surface area (Å²) in [6.45, 7) is 4.13. The number of piperidine rings is 1. The molecule has 1 fully saturated rings. The van der Waals surface area contributed by atoms with Gasteiger partial charge in [0.1, 0.15) is 5.82 Å². The van der Waals surface area contributed by atoms with Crippen LogP contribution in [0.1, 0.15) is 31.4 Å². The molecule has 3 heterocycles. The minimum absolute atomic E-state index is 0.0386. The van der Waals surface area contributed by atoms with E-state index in [0.29, 0.717) is 23.5 Å². The average molecular weight is 316 g/mol. The Kier molecular flexibility index (Phi) is 4.58. The number of ether oxygens (including phenoxy) is 1. The van der Waals surface area contributed by atoms with Crippen molar-refractivity contribution in [2.75, 3.05) is 38.3 Å². The summed E-state index contributed by atoms with van der Waals surface area (Å²) in [7, 11) is 3.81. The summed E-state index contributed by atoms with van der Waals surface area (Å²) >= 11 is 0. The molecule has 0 aliphatic carbocycles. The molecule has 0 saturated carbocycles. The molecule has 0 aromatic carbocycles. The molecule has 2 aromatic heterocycles. The van der Waals surface area contributed by atoms with Crippen molar-refractivity contribution in [3.63, 3.8) is 0 Å². The number of nitrogens with one attached hydrogen (secondary N) is 1. The fourth-order valence-corrected chi connectivity index (χ4v) is 2.81. The van der Waals surface area contributed by atoms with Crippen molar-refractivity contribution in [2.24, 2.45) is 0 Å². The highest BCUT2D eigenvalue weighted by atomic mass is 16.5. The minimum Gasteiger partial charge on any atom is -0.383 e. The Hall–Kier alpha value is -1.99. The first-order valence-electron chi connectivity index (χ1n) is 7.98. The van der Waals surface area contributed by atoms with E-state index in [9.17, 15) is 0 Å². The van der Waals surface area contributed by atoms with Crippen LogP contribution in [-0.4, -0.2) is 53.1 Å². The maximum absolute atomic E-state index is 6.11. The van der Waals surface area contributed by atoms with Crippen LogP contribution in [0.2, 0.25) is 0 Å². The third kappa shape index (κ3) is 3.51. The lowest BCUT2D eigenvalue weighted by Gasteiger charge is -2.29. The molecule has 1 unspecified atom stereocenters. The van der Waals surface area contributed by atoms with E-state index in [-0.39, 0.29) is 6.10 Å². The molecule has 3 rings (SSSR count). The highest BCUT2D eigenvalue weighted by Crippen LogP contribution is 2.24. The predicted molar refractivity (Wildman–Crippen MR) is 91.3 cm³/mol. The number of anilines is 2. The van der Waals surface area contributed by atoms with Gasteiger partial charge < -0.3 is 20.7 Å². The largest absolute Gasteiger partial charge is 0.383 e. The second kappa shape index (κ2) is 6.64. The molecular formula is C16H24N6O. The fourth-order valence-electron chi connectivity index (χ4n) is 2.81. The van der Waals surface area contributed by atoms with E-state index in [2.05, 4.69) is 32.2 Å². The Morgan fingerprint density at radius 3 is 2.78 bits per heavy atom. The molecule has 2 aromatic rings. The number of nitrogens with two attached hydrogens (primary N) is 1. The zero-order chi connectivity index (χ0) is 16.4. The quantitative estimate of drug-likeness (QED) is 0.889. The van der Waals surface area contributed by atoms with Gasteiger partial charge in [0.15, 0.2) is 5.65 Å². The zero-order valence-electron chi connectivity index (χ0n) is 13.9. The van der Waals surface area contributed by atoms with Crippen molar-refractivity contribution in [1.82, 2.24) is 19.9 Å². The molecule has 1 atom stereocenters. The number of aromatic nitrogens is 3. The molecule has 7 heteroatoms. The van der Waals surface area contributed by atoms with E-state index in [0.717, 1.165) is 36.9 Å². The Labute approximate surface area is 136 Å². The number of nitrogen functional groups attached to an aromatic ring is 1. The molecule has 0 amide bonds. The summed E-state index contributed by atoms with van der Waals surface area (Å²) in [4.78, 5) is 15.7. The molecular weight excluding hydrogens is 292 g/mol. The van der Waals surface area contributed by atoms with Gasteiger partial charge >= 0.3 is 0 Å². The second-order valence-electron chi connectivity index (χ2n) is 6.17. The van der Waals surface area contributed by atoms with E-state index in [1.165, 1.54) is 0 Å². The summed E-state index contributed by atoms with van der Waals surface area (Å²) < 4.78 is 5.32. The van der Waals surface area contributed by atoms with E-state index in [4.69, 9.17) is 10.5 Å².